The molecular formula is C16H21N3O2. The Morgan fingerprint density at radius 3 is 2.86 bits per heavy atom. The first-order valence-corrected chi connectivity index (χ1v) is 7.22. The molecule has 1 fully saturated rings. The molecule has 0 spiro atoms. The molecule has 2 heterocycles. The number of rotatable bonds is 3. The minimum Gasteiger partial charge on any atom is -0.481 e. The highest BCUT2D eigenvalue weighted by atomic mass is 16.4. The molecular weight excluding hydrogens is 266 g/mol. The fourth-order valence-corrected chi connectivity index (χ4v) is 2.80. The minimum atomic E-state index is -0.771. The van der Waals surface area contributed by atoms with Gasteiger partial charge in [-0.2, -0.15) is 5.26 Å². The molecule has 0 aliphatic carbocycles. The zero-order valence-corrected chi connectivity index (χ0v) is 12.8. The summed E-state index contributed by atoms with van der Waals surface area (Å²) in [4.78, 5) is 18.0. The highest BCUT2D eigenvalue weighted by Gasteiger charge is 2.39. The van der Waals surface area contributed by atoms with E-state index in [2.05, 4.69) is 16.0 Å². The molecule has 2 rings (SSSR count). The van der Waals surface area contributed by atoms with Crippen molar-refractivity contribution in [3.63, 3.8) is 0 Å². The number of carboxylic acids is 1. The molecule has 1 N–H and O–H groups in total. The predicted molar refractivity (Wildman–Crippen MR) is 80.0 cm³/mol. The summed E-state index contributed by atoms with van der Waals surface area (Å²) in [6, 6.07) is 5.78. The number of anilines is 1. The quantitative estimate of drug-likeness (QED) is 0.924. The average Bonchev–Trinajstić information content (AvgIpc) is 2.47. The fourth-order valence-electron chi connectivity index (χ4n) is 2.80. The smallest absolute Gasteiger partial charge is 0.309 e. The zero-order chi connectivity index (χ0) is 15.6. The second-order valence-corrected chi connectivity index (χ2v) is 6.25. The Morgan fingerprint density at radius 2 is 2.24 bits per heavy atom. The van der Waals surface area contributed by atoms with Crippen LogP contribution in [0.25, 0.3) is 0 Å². The molecule has 21 heavy (non-hydrogen) atoms. The summed E-state index contributed by atoms with van der Waals surface area (Å²) in [5.41, 5.74) is 0.646. The SMILES string of the molecule is Cc1ccc(C#N)c(N2CCCC(C(C)(C)C(=O)O)C2)n1. The van der Waals surface area contributed by atoms with Crippen molar-refractivity contribution in [1.29, 1.82) is 5.26 Å². The highest BCUT2D eigenvalue weighted by Crippen LogP contribution is 2.36. The Labute approximate surface area is 125 Å². The summed E-state index contributed by atoms with van der Waals surface area (Å²) in [5, 5.41) is 18.7. The van der Waals surface area contributed by atoms with Gasteiger partial charge in [-0.1, -0.05) is 0 Å². The fraction of sp³-hybridized carbons (Fsp3) is 0.562. The van der Waals surface area contributed by atoms with Crippen molar-refractivity contribution in [2.45, 2.75) is 33.6 Å². The molecule has 0 amide bonds. The van der Waals surface area contributed by atoms with Gasteiger partial charge >= 0.3 is 5.97 Å². The Hall–Kier alpha value is -2.09. The molecule has 1 atom stereocenters. The first kappa shape index (κ1) is 15.3. The second-order valence-electron chi connectivity index (χ2n) is 6.25. The van der Waals surface area contributed by atoms with Gasteiger partial charge in [0.05, 0.1) is 11.0 Å². The summed E-state index contributed by atoms with van der Waals surface area (Å²) in [5.74, 6) is -0.0342. The van der Waals surface area contributed by atoms with Gasteiger partial charge in [-0.15, -0.1) is 0 Å². The van der Waals surface area contributed by atoms with E-state index in [4.69, 9.17) is 0 Å². The lowest BCUT2D eigenvalue weighted by molar-refractivity contribution is -0.150. The van der Waals surface area contributed by atoms with Gasteiger partial charge < -0.3 is 10.0 Å². The summed E-state index contributed by atoms with van der Waals surface area (Å²) in [6.45, 7) is 6.89. The van der Waals surface area contributed by atoms with Gasteiger partial charge in [-0.05, 0) is 51.7 Å². The first-order valence-electron chi connectivity index (χ1n) is 7.22. The number of carbonyl (C=O) groups is 1. The van der Waals surface area contributed by atoms with E-state index in [9.17, 15) is 15.2 Å². The summed E-state index contributed by atoms with van der Waals surface area (Å²) in [7, 11) is 0. The third-order valence-electron chi connectivity index (χ3n) is 4.43. The maximum Gasteiger partial charge on any atom is 0.309 e. The van der Waals surface area contributed by atoms with Crippen LogP contribution in [-0.2, 0) is 4.79 Å². The lowest BCUT2D eigenvalue weighted by Crippen LogP contribution is -2.45. The Balaban J connectivity index is 2.28. The number of hydrogen-bond donors (Lipinski definition) is 1. The second kappa shape index (κ2) is 5.72. The molecule has 112 valence electrons. The molecule has 0 radical (unpaired) electrons. The van der Waals surface area contributed by atoms with Crippen molar-refractivity contribution < 1.29 is 9.90 Å². The van der Waals surface area contributed by atoms with Crippen LogP contribution in [0.1, 0.15) is 37.9 Å². The molecule has 1 aromatic rings. The number of nitrogens with zero attached hydrogens (tertiary/aromatic N) is 3. The number of aryl methyl sites for hydroxylation is 1. The first-order chi connectivity index (χ1) is 9.86. The van der Waals surface area contributed by atoms with E-state index in [0.29, 0.717) is 17.9 Å². The van der Waals surface area contributed by atoms with Crippen LogP contribution in [0, 0.1) is 29.6 Å². The van der Waals surface area contributed by atoms with E-state index in [1.807, 2.05) is 13.0 Å². The number of aliphatic carboxylic acids is 1. The van der Waals surface area contributed by atoms with E-state index in [-0.39, 0.29) is 5.92 Å². The number of nitriles is 1. The molecule has 1 aliphatic rings. The van der Waals surface area contributed by atoms with Gasteiger partial charge in [0.25, 0.3) is 0 Å². The van der Waals surface area contributed by atoms with Crippen LogP contribution in [0.3, 0.4) is 0 Å². The number of pyridine rings is 1. The Bertz CT molecular complexity index is 590. The largest absolute Gasteiger partial charge is 0.481 e. The van der Waals surface area contributed by atoms with E-state index < -0.39 is 11.4 Å². The van der Waals surface area contributed by atoms with Crippen molar-refractivity contribution in [3.05, 3.63) is 23.4 Å². The number of carboxylic acid groups (broad SMARTS) is 1. The van der Waals surface area contributed by atoms with Gasteiger partial charge in [0.1, 0.15) is 11.9 Å². The average molecular weight is 287 g/mol. The Morgan fingerprint density at radius 1 is 1.52 bits per heavy atom. The van der Waals surface area contributed by atoms with E-state index in [0.717, 1.165) is 25.1 Å². The third-order valence-corrected chi connectivity index (χ3v) is 4.43. The highest BCUT2D eigenvalue weighted by molar-refractivity contribution is 5.74. The minimum absolute atomic E-state index is 0.0533. The molecule has 5 nitrogen and oxygen atoms in total. The molecule has 0 bridgehead atoms. The van der Waals surface area contributed by atoms with E-state index >= 15 is 0 Å². The molecule has 1 aliphatic heterocycles. The van der Waals surface area contributed by atoms with Crippen molar-refractivity contribution in [2.24, 2.45) is 11.3 Å². The van der Waals surface area contributed by atoms with Gasteiger partial charge in [-0.25, -0.2) is 4.98 Å². The van der Waals surface area contributed by atoms with Crippen LogP contribution in [0.2, 0.25) is 0 Å². The number of aromatic nitrogens is 1. The van der Waals surface area contributed by atoms with Crippen LogP contribution in [0.5, 0.6) is 0 Å². The van der Waals surface area contributed by atoms with Gasteiger partial charge in [0.2, 0.25) is 0 Å². The molecule has 1 aromatic heterocycles. The van der Waals surface area contributed by atoms with Gasteiger partial charge in [0, 0.05) is 18.8 Å². The Kier molecular flexibility index (Phi) is 4.17. The third kappa shape index (κ3) is 2.99. The van der Waals surface area contributed by atoms with Crippen molar-refractivity contribution in [2.75, 3.05) is 18.0 Å². The monoisotopic (exact) mass is 287 g/mol. The van der Waals surface area contributed by atoms with Crippen molar-refractivity contribution in [3.8, 4) is 6.07 Å². The molecule has 5 heteroatoms. The number of piperidine rings is 1. The van der Waals surface area contributed by atoms with Crippen LogP contribution in [0.15, 0.2) is 12.1 Å². The summed E-state index contributed by atoms with van der Waals surface area (Å²) in [6.07, 6.45) is 1.81. The van der Waals surface area contributed by atoms with Crippen molar-refractivity contribution >= 4 is 11.8 Å². The maximum absolute atomic E-state index is 11.5. The van der Waals surface area contributed by atoms with E-state index in [1.165, 1.54) is 0 Å². The lowest BCUT2D eigenvalue weighted by atomic mass is 9.74. The lowest BCUT2D eigenvalue weighted by Gasteiger charge is -2.40. The van der Waals surface area contributed by atoms with Crippen molar-refractivity contribution in [1.82, 2.24) is 4.98 Å². The van der Waals surface area contributed by atoms with Crippen LogP contribution in [-0.4, -0.2) is 29.1 Å². The van der Waals surface area contributed by atoms with Gasteiger partial charge in [0.15, 0.2) is 0 Å². The molecule has 1 unspecified atom stereocenters. The maximum atomic E-state index is 11.5. The topological polar surface area (TPSA) is 77.2 Å². The summed E-state index contributed by atoms with van der Waals surface area (Å²) < 4.78 is 0. The molecule has 0 aromatic carbocycles. The molecule has 0 saturated carbocycles. The predicted octanol–water partition coefficient (Wildman–Crippen LogP) is 2.59. The van der Waals surface area contributed by atoms with Gasteiger partial charge in [-0.3, -0.25) is 4.79 Å². The zero-order valence-electron chi connectivity index (χ0n) is 12.8. The van der Waals surface area contributed by atoms with Crippen LogP contribution < -0.4 is 4.90 Å². The summed E-state index contributed by atoms with van der Waals surface area (Å²) >= 11 is 0. The number of hydrogen-bond acceptors (Lipinski definition) is 4. The standard InChI is InChI=1S/C16H21N3O2/c1-11-6-7-12(9-17)14(18-11)19-8-4-5-13(10-19)16(2,3)15(20)21/h6-7,13H,4-5,8,10H2,1-3H3,(H,20,21). The van der Waals surface area contributed by atoms with Crippen LogP contribution in [0.4, 0.5) is 5.82 Å². The van der Waals surface area contributed by atoms with Crippen LogP contribution >= 0.6 is 0 Å². The van der Waals surface area contributed by atoms with E-state index in [1.54, 1.807) is 19.9 Å². The normalized spacial score (nSPS) is 19.1. The molecule has 1 saturated heterocycles.